The van der Waals surface area contributed by atoms with Gasteiger partial charge in [-0.05, 0) is 50.2 Å². The molecule has 0 saturated carbocycles. The molecule has 0 aliphatic carbocycles. The number of aromatic nitrogens is 2. The predicted molar refractivity (Wildman–Crippen MR) is 84.7 cm³/mol. The maximum Gasteiger partial charge on any atom is 0.148 e. The van der Waals surface area contributed by atoms with Gasteiger partial charge in [0.1, 0.15) is 5.82 Å². The van der Waals surface area contributed by atoms with E-state index in [2.05, 4.69) is 36.8 Å². The van der Waals surface area contributed by atoms with Crippen molar-refractivity contribution in [1.82, 2.24) is 15.5 Å². The third-order valence-electron chi connectivity index (χ3n) is 3.48. The molecule has 5 heteroatoms. The molecule has 0 spiro atoms. The summed E-state index contributed by atoms with van der Waals surface area (Å²) in [7, 11) is 0. The molecule has 2 N–H and O–H groups in total. The Morgan fingerprint density at radius 2 is 1.95 bits per heavy atom. The maximum absolute atomic E-state index is 4.31. The van der Waals surface area contributed by atoms with Gasteiger partial charge >= 0.3 is 0 Å². The molecule has 2 aromatic rings. The number of rotatable bonds is 3. The van der Waals surface area contributed by atoms with E-state index in [0.717, 1.165) is 47.5 Å². The van der Waals surface area contributed by atoms with Crippen LogP contribution in [0.2, 0.25) is 0 Å². The molecule has 4 nitrogen and oxygen atoms in total. The molecular weight excluding hydrogens is 316 g/mol. The van der Waals surface area contributed by atoms with Gasteiger partial charge in [-0.15, -0.1) is 10.2 Å². The Bertz CT molecular complexity index is 564. The molecule has 1 saturated heterocycles. The minimum atomic E-state index is 0.502. The van der Waals surface area contributed by atoms with Crippen LogP contribution in [0.25, 0.3) is 11.3 Å². The highest BCUT2D eigenvalue weighted by molar-refractivity contribution is 9.10. The van der Waals surface area contributed by atoms with Crippen LogP contribution in [0.4, 0.5) is 5.82 Å². The third kappa shape index (κ3) is 3.35. The van der Waals surface area contributed by atoms with Crippen molar-refractivity contribution < 1.29 is 0 Å². The Kier molecular flexibility index (Phi) is 4.28. The number of hydrogen-bond donors (Lipinski definition) is 2. The molecule has 0 atom stereocenters. The van der Waals surface area contributed by atoms with E-state index in [0.29, 0.717) is 6.04 Å². The molecule has 1 fully saturated rings. The van der Waals surface area contributed by atoms with E-state index < -0.39 is 0 Å². The van der Waals surface area contributed by atoms with E-state index >= 15 is 0 Å². The van der Waals surface area contributed by atoms with E-state index in [9.17, 15) is 0 Å². The second-order valence-electron chi connectivity index (χ2n) is 4.98. The number of nitrogens with one attached hydrogen (secondary N) is 2. The van der Waals surface area contributed by atoms with Gasteiger partial charge in [0, 0.05) is 16.1 Å². The number of hydrogen-bond acceptors (Lipinski definition) is 4. The first kappa shape index (κ1) is 13.5. The molecule has 0 amide bonds. The van der Waals surface area contributed by atoms with E-state index in [1.165, 1.54) is 0 Å². The molecule has 1 aromatic heterocycles. The lowest BCUT2D eigenvalue weighted by Gasteiger charge is -2.23. The van der Waals surface area contributed by atoms with Crippen LogP contribution in [-0.4, -0.2) is 29.3 Å². The van der Waals surface area contributed by atoms with Crippen LogP contribution in [-0.2, 0) is 0 Å². The molecule has 2 heterocycles. The minimum Gasteiger partial charge on any atom is -0.366 e. The molecule has 0 unspecified atom stereocenters. The fourth-order valence-electron chi connectivity index (χ4n) is 2.39. The fraction of sp³-hybridized carbons (Fsp3) is 0.333. The fourth-order valence-corrected chi connectivity index (χ4v) is 2.79. The maximum atomic E-state index is 4.31. The number of piperidine rings is 1. The highest BCUT2D eigenvalue weighted by Gasteiger charge is 2.13. The number of anilines is 1. The summed E-state index contributed by atoms with van der Waals surface area (Å²) in [6.07, 6.45) is 2.27. The normalized spacial score (nSPS) is 16.1. The second-order valence-corrected chi connectivity index (χ2v) is 5.90. The smallest absolute Gasteiger partial charge is 0.148 e. The van der Waals surface area contributed by atoms with E-state index in [-0.39, 0.29) is 0 Å². The molecule has 0 bridgehead atoms. The number of halogens is 1. The van der Waals surface area contributed by atoms with E-state index in [1.54, 1.807) is 0 Å². The van der Waals surface area contributed by atoms with Crippen LogP contribution in [0.5, 0.6) is 0 Å². The highest BCUT2D eigenvalue weighted by Crippen LogP contribution is 2.21. The van der Waals surface area contributed by atoms with Crippen molar-refractivity contribution in [2.75, 3.05) is 18.4 Å². The van der Waals surface area contributed by atoms with Crippen molar-refractivity contribution in [3.63, 3.8) is 0 Å². The van der Waals surface area contributed by atoms with Gasteiger partial charge < -0.3 is 10.6 Å². The molecule has 20 heavy (non-hydrogen) atoms. The SMILES string of the molecule is Brc1cccc(-c2ccc(NC3CCNCC3)nn2)c1. The first-order valence-electron chi connectivity index (χ1n) is 6.88. The average molecular weight is 333 g/mol. The number of nitrogens with zero attached hydrogens (tertiary/aromatic N) is 2. The zero-order chi connectivity index (χ0) is 13.8. The monoisotopic (exact) mass is 332 g/mol. The first-order valence-corrected chi connectivity index (χ1v) is 7.67. The van der Waals surface area contributed by atoms with E-state index in [4.69, 9.17) is 0 Å². The topological polar surface area (TPSA) is 49.8 Å². The molecule has 1 aliphatic rings. The second kappa shape index (κ2) is 6.33. The minimum absolute atomic E-state index is 0.502. The molecule has 0 radical (unpaired) electrons. The Morgan fingerprint density at radius 1 is 1.10 bits per heavy atom. The van der Waals surface area contributed by atoms with Crippen LogP contribution in [0.3, 0.4) is 0 Å². The first-order chi connectivity index (χ1) is 9.81. The largest absolute Gasteiger partial charge is 0.366 e. The van der Waals surface area contributed by atoms with E-state index in [1.807, 2.05) is 36.4 Å². The molecule has 104 valence electrons. The Labute approximate surface area is 127 Å². The van der Waals surface area contributed by atoms with Crippen LogP contribution < -0.4 is 10.6 Å². The third-order valence-corrected chi connectivity index (χ3v) is 3.97. The van der Waals surface area contributed by atoms with Gasteiger partial charge in [-0.3, -0.25) is 0 Å². The molecule has 1 aromatic carbocycles. The van der Waals surface area contributed by atoms with Crippen molar-refractivity contribution in [2.24, 2.45) is 0 Å². The van der Waals surface area contributed by atoms with Crippen LogP contribution in [0.1, 0.15) is 12.8 Å². The average Bonchev–Trinajstić information content (AvgIpc) is 2.49. The van der Waals surface area contributed by atoms with Gasteiger partial charge in [0.15, 0.2) is 0 Å². The molecule has 3 rings (SSSR count). The summed E-state index contributed by atoms with van der Waals surface area (Å²) in [6, 6.07) is 12.6. The Morgan fingerprint density at radius 3 is 2.65 bits per heavy atom. The summed E-state index contributed by atoms with van der Waals surface area (Å²) in [6.45, 7) is 2.14. The summed E-state index contributed by atoms with van der Waals surface area (Å²) in [5.41, 5.74) is 1.96. The van der Waals surface area contributed by atoms with Gasteiger partial charge in [-0.2, -0.15) is 0 Å². The summed E-state index contributed by atoms with van der Waals surface area (Å²) in [5, 5.41) is 15.4. The van der Waals surface area contributed by atoms with Crippen molar-refractivity contribution in [3.05, 3.63) is 40.9 Å². The lowest BCUT2D eigenvalue weighted by molar-refractivity contribution is 0.478. The lowest BCUT2D eigenvalue weighted by Crippen LogP contribution is -2.35. The molecular formula is C15H17BrN4. The van der Waals surface area contributed by atoms with Crippen LogP contribution in [0, 0.1) is 0 Å². The van der Waals surface area contributed by atoms with Gasteiger partial charge in [-0.25, -0.2) is 0 Å². The van der Waals surface area contributed by atoms with Crippen LogP contribution in [0.15, 0.2) is 40.9 Å². The number of benzene rings is 1. The Balaban J connectivity index is 1.71. The summed E-state index contributed by atoms with van der Waals surface area (Å²) in [4.78, 5) is 0. The lowest BCUT2D eigenvalue weighted by atomic mass is 10.1. The van der Waals surface area contributed by atoms with Gasteiger partial charge in [-0.1, -0.05) is 28.1 Å². The van der Waals surface area contributed by atoms with Gasteiger partial charge in [0.2, 0.25) is 0 Å². The van der Waals surface area contributed by atoms with Gasteiger partial charge in [0.05, 0.1) is 5.69 Å². The van der Waals surface area contributed by atoms with Crippen molar-refractivity contribution in [1.29, 1.82) is 0 Å². The van der Waals surface area contributed by atoms with Gasteiger partial charge in [0.25, 0.3) is 0 Å². The zero-order valence-electron chi connectivity index (χ0n) is 11.1. The van der Waals surface area contributed by atoms with Crippen molar-refractivity contribution in [2.45, 2.75) is 18.9 Å². The molecule has 1 aliphatic heterocycles. The quantitative estimate of drug-likeness (QED) is 0.906. The summed E-state index contributed by atoms with van der Waals surface area (Å²) in [5.74, 6) is 0.857. The predicted octanol–water partition coefficient (Wildman–Crippen LogP) is 3.07. The van der Waals surface area contributed by atoms with Crippen LogP contribution >= 0.6 is 15.9 Å². The Hall–Kier alpha value is -1.46. The standard InChI is InChI=1S/C15H17BrN4/c16-12-3-1-2-11(10-12)14-4-5-15(20-19-14)18-13-6-8-17-9-7-13/h1-5,10,13,17H,6-9H2,(H,18,20). The van der Waals surface area contributed by atoms with Crippen molar-refractivity contribution >= 4 is 21.7 Å². The summed E-state index contributed by atoms with van der Waals surface area (Å²) < 4.78 is 1.05. The highest BCUT2D eigenvalue weighted by atomic mass is 79.9. The van der Waals surface area contributed by atoms with Crippen molar-refractivity contribution in [3.8, 4) is 11.3 Å². The zero-order valence-corrected chi connectivity index (χ0v) is 12.7. The summed E-state index contributed by atoms with van der Waals surface area (Å²) >= 11 is 3.47.